The van der Waals surface area contributed by atoms with Crippen LogP contribution < -0.4 is 14.8 Å². The fourth-order valence-electron chi connectivity index (χ4n) is 3.13. The van der Waals surface area contributed by atoms with E-state index in [0.717, 1.165) is 27.9 Å². The molecule has 0 saturated carbocycles. The van der Waals surface area contributed by atoms with Crippen LogP contribution in [-0.2, 0) is 29.0 Å². The highest BCUT2D eigenvalue weighted by Crippen LogP contribution is 2.35. The van der Waals surface area contributed by atoms with E-state index in [0.29, 0.717) is 24.7 Å². The molecule has 0 atom stereocenters. The maximum atomic E-state index is 11.9. The van der Waals surface area contributed by atoms with E-state index in [1.165, 1.54) is 5.56 Å². The third-order valence-corrected chi connectivity index (χ3v) is 5.10. The van der Waals surface area contributed by atoms with Gasteiger partial charge in [-0.05, 0) is 48.4 Å². The fourth-order valence-corrected chi connectivity index (χ4v) is 3.54. The third-order valence-electron chi connectivity index (χ3n) is 4.61. The van der Waals surface area contributed by atoms with Crippen LogP contribution in [0.3, 0.4) is 0 Å². The summed E-state index contributed by atoms with van der Waals surface area (Å²) in [7, 11) is 1.59. The van der Waals surface area contributed by atoms with Crippen molar-refractivity contribution in [2.45, 2.75) is 26.4 Å². The molecular formula is C25H26BrNO4. The summed E-state index contributed by atoms with van der Waals surface area (Å²) in [6.07, 6.45) is 0.181. The second kappa shape index (κ2) is 11.5. The van der Waals surface area contributed by atoms with Crippen molar-refractivity contribution < 1.29 is 19.0 Å². The van der Waals surface area contributed by atoms with E-state index in [1.54, 1.807) is 20.1 Å². The standard InChI is InChI=1S/C25H26BrNO4/c1-3-30-25(28)14-19-9-11-23(29-2)24(13-19)31-22-12-10-21(26)15-20(22)17-27-16-18-7-5-4-6-8-18/h4-13,15,27H,3,14,16-17H2,1-2H3. The molecule has 0 fully saturated rings. The highest BCUT2D eigenvalue weighted by atomic mass is 79.9. The predicted octanol–water partition coefficient (Wildman–Crippen LogP) is 5.65. The lowest BCUT2D eigenvalue weighted by atomic mass is 10.1. The molecule has 0 bridgehead atoms. The highest BCUT2D eigenvalue weighted by Gasteiger charge is 2.13. The molecule has 3 aromatic rings. The van der Waals surface area contributed by atoms with Gasteiger partial charge in [0.25, 0.3) is 0 Å². The molecule has 0 unspecified atom stereocenters. The van der Waals surface area contributed by atoms with Crippen molar-refractivity contribution in [3.05, 3.63) is 87.9 Å². The van der Waals surface area contributed by atoms with Gasteiger partial charge in [0.1, 0.15) is 5.75 Å². The van der Waals surface area contributed by atoms with Crippen molar-refractivity contribution in [3.8, 4) is 17.2 Å². The summed E-state index contributed by atoms with van der Waals surface area (Å²) >= 11 is 3.54. The number of ether oxygens (including phenoxy) is 3. The average Bonchev–Trinajstić information content (AvgIpc) is 2.77. The molecule has 0 radical (unpaired) electrons. The third kappa shape index (κ3) is 6.84. The maximum Gasteiger partial charge on any atom is 0.310 e. The monoisotopic (exact) mass is 483 g/mol. The summed E-state index contributed by atoms with van der Waals surface area (Å²) in [6.45, 7) is 3.54. The summed E-state index contributed by atoms with van der Waals surface area (Å²) in [5.41, 5.74) is 3.02. The predicted molar refractivity (Wildman–Crippen MR) is 125 cm³/mol. The zero-order valence-electron chi connectivity index (χ0n) is 17.7. The highest BCUT2D eigenvalue weighted by molar-refractivity contribution is 9.10. The van der Waals surface area contributed by atoms with Gasteiger partial charge in [-0.15, -0.1) is 0 Å². The van der Waals surface area contributed by atoms with Gasteiger partial charge in [0.05, 0.1) is 20.1 Å². The molecule has 0 aliphatic rings. The molecule has 3 aromatic carbocycles. The summed E-state index contributed by atoms with van der Waals surface area (Å²) in [6, 6.07) is 21.6. The Morgan fingerprint density at radius 2 is 1.68 bits per heavy atom. The molecule has 0 amide bonds. The van der Waals surface area contributed by atoms with E-state index in [2.05, 4.69) is 33.4 Å². The Hall–Kier alpha value is -2.83. The Morgan fingerprint density at radius 1 is 0.903 bits per heavy atom. The van der Waals surface area contributed by atoms with Crippen molar-refractivity contribution in [2.24, 2.45) is 0 Å². The Bertz CT molecular complexity index is 1010. The maximum absolute atomic E-state index is 11.9. The first kappa shape index (κ1) is 22.8. The van der Waals surface area contributed by atoms with Gasteiger partial charge in [0.2, 0.25) is 0 Å². The van der Waals surface area contributed by atoms with Crippen LogP contribution in [0.1, 0.15) is 23.6 Å². The number of hydrogen-bond donors (Lipinski definition) is 1. The van der Waals surface area contributed by atoms with E-state index in [4.69, 9.17) is 14.2 Å². The molecule has 0 saturated heterocycles. The molecule has 1 N–H and O–H groups in total. The van der Waals surface area contributed by atoms with E-state index in [1.807, 2.05) is 48.5 Å². The number of nitrogens with one attached hydrogen (secondary N) is 1. The molecule has 0 aromatic heterocycles. The largest absolute Gasteiger partial charge is 0.493 e. The van der Waals surface area contributed by atoms with Crippen LogP contribution in [0.2, 0.25) is 0 Å². The van der Waals surface area contributed by atoms with E-state index < -0.39 is 0 Å². The minimum Gasteiger partial charge on any atom is -0.493 e. The zero-order valence-corrected chi connectivity index (χ0v) is 19.3. The van der Waals surface area contributed by atoms with Crippen LogP contribution in [0.15, 0.2) is 71.2 Å². The number of halogens is 1. The summed E-state index contributed by atoms with van der Waals surface area (Å²) in [5, 5.41) is 3.46. The molecule has 6 heteroatoms. The second-order valence-corrected chi connectivity index (χ2v) is 7.83. The van der Waals surface area contributed by atoms with Crippen molar-refractivity contribution in [1.82, 2.24) is 5.32 Å². The Labute approximate surface area is 191 Å². The lowest BCUT2D eigenvalue weighted by Crippen LogP contribution is -2.13. The zero-order chi connectivity index (χ0) is 22.1. The Balaban J connectivity index is 1.77. The van der Waals surface area contributed by atoms with Gasteiger partial charge in [-0.25, -0.2) is 0 Å². The van der Waals surface area contributed by atoms with Gasteiger partial charge < -0.3 is 19.5 Å². The molecule has 0 heterocycles. The average molecular weight is 484 g/mol. The van der Waals surface area contributed by atoms with Crippen LogP contribution in [0.4, 0.5) is 0 Å². The molecule has 0 spiro atoms. The first-order valence-electron chi connectivity index (χ1n) is 10.1. The Kier molecular flexibility index (Phi) is 8.50. The minimum atomic E-state index is -0.270. The number of benzene rings is 3. The number of hydrogen-bond acceptors (Lipinski definition) is 5. The van der Waals surface area contributed by atoms with Gasteiger partial charge in [-0.3, -0.25) is 4.79 Å². The molecule has 162 valence electrons. The van der Waals surface area contributed by atoms with E-state index in [9.17, 15) is 4.79 Å². The van der Waals surface area contributed by atoms with Crippen LogP contribution in [0, 0.1) is 0 Å². The van der Waals surface area contributed by atoms with Crippen molar-refractivity contribution >= 4 is 21.9 Å². The van der Waals surface area contributed by atoms with Crippen molar-refractivity contribution in [1.29, 1.82) is 0 Å². The van der Waals surface area contributed by atoms with Crippen molar-refractivity contribution in [3.63, 3.8) is 0 Å². The number of carbonyl (C=O) groups is 1. The van der Waals surface area contributed by atoms with Crippen molar-refractivity contribution in [2.75, 3.05) is 13.7 Å². The molecule has 0 aliphatic heterocycles. The van der Waals surface area contributed by atoms with Crippen LogP contribution in [0.5, 0.6) is 17.2 Å². The summed E-state index contributed by atoms with van der Waals surface area (Å²) in [5.74, 6) is 1.60. The summed E-state index contributed by atoms with van der Waals surface area (Å²) < 4.78 is 17.7. The molecule has 0 aliphatic carbocycles. The number of esters is 1. The minimum absolute atomic E-state index is 0.181. The molecule has 5 nitrogen and oxygen atoms in total. The van der Waals surface area contributed by atoms with Gasteiger partial charge in [-0.1, -0.05) is 52.3 Å². The SMILES string of the molecule is CCOC(=O)Cc1ccc(OC)c(Oc2ccc(Br)cc2CNCc2ccccc2)c1. The number of carbonyl (C=O) groups excluding carboxylic acids is 1. The van der Waals surface area contributed by atoms with Gasteiger partial charge in [0, 0.05) is 23.1 Å². The van der Waals surface area contributed by atoms with Gasteiger partial charge >= 0.3 is 5.97 Å². The lowest BCUT2D eigenvalue weighted by molar-refractivity contribution is -0.142. The number of rotatable bonds is 10. The molecule has 31 heavy (non-hydrogen) atoms. The van der Waals surface area contributed by atoms with Crippen LogP contribution in [0.25, 0.3) is 0 Å². The van der Waals surface area contributed by atoms with Crippen LogP contribution in [-0.4, -0.2) is 19.7 Å². The quantitative estimate of drug-likeness (QED) is 0.377. The smallest absolute Gasteiger partial charge is 0.310 e. The first-order chi connectivity index (χ1) is 15.1. The van der Waals surface area contributed by atoms with E-state index in [-0.39, 0.29) is 12.4 Å². The Morgan fingerprint density at radius 3 is 2.42 bits per heavy atom. The van der Waals surface area contributed by atoms with Crippen LogP contribution >= 0.6 is 15.9 Å². The lowest BCUT2D eigenvalue weighted by Gasteiger charge is -2.16. The first-order valence-corrected chi connectivity index (χ1v) is 10.9. The molecule has 3 rings (SSSR count). The van der Waals surface area contributed by atoms with Gasteiger partial charge in [0.15, 0.2) is 11.5 Å². The summed E-state index contributed by atoms with van der Waals surface area (Å²) in [4.78, 5) is 11.9. The topological polar surface area (TPSA) is 56.8 Å². The van der Waals surface area contributed by atoms with Gasteiger partial charge in [-0.2, -0.15) is 0 Å². The number of methoxy groups -OCH3 is 1. The normalized spacial score (nSPS) is 10.5. The fraction of sp³-hybridized carbons (Fsp3) is 0.240. The second-order valence-electron chi connectivity index (χ2n) is 6.91. The molecular weight excluding hydrogens is 458 g/mol. The van der Waals surface area contributed by atoms with E-state index >= 15 is 0 Å².